The van der Waals surface area contributed by atoms with Crippen molar-refractivity contribution in [3.63, 3.8) is 0 Å². The van der Waals surface area contributed by atoms with Crippen LogP contribution in [0.1, 0.15) is 49.7 Å². The lowest BCUT2D eigenvalue weighted by Crippen LogP contribution is -2.13. The van der Waals surface area contributed by atoms with E-state index in [9.17, 15) is 17.6 Å². The van der Waals surface area contributed by atoms with E-state index in [1.165, 1.54) is 31.2 Å². The lowest BCUT2D eigenvalue weighted by Gasteiger charge is -2.27. The zero-order valence-corrected chi connectivity index (χ0v) is 13.8. The molecule has 2 aromatic rings. The zero-order valence-electron chi connectivity index (χ0n) is 13.8. The minimum absolute atomic E-state index is 0.00986. The number of halogens is 4. The van der Waals surface area contributed by atoms with Crippen molar-refractivity contribution >= 4 is 0 Å². The molecule has 0 bridgehead atoms. The molecule has 0 nitrogen and oxygen atoms in total. The van der Waals surface area contributed by atoms with Crippen molar-refractivity contribution in [2.45, 2.75) is 45.4 Å². The predicted molar refractivity (Wildman–Crippen MR) is 86.8 cm³/mol. The summed E-state index contributed by atoms with van der Waals surface area (Å²) in [6.07, 6.45) is 3.63. The van der Waals surface area contributed by atoms with Gasteiger partial charge in [-0.05, 0) is 42.7 Å². The van der Waals surface area contributed by atoms with Crippen molar-refractivity contribution in [3.05, 3.63) is 58.7 Å². The Morgan fingerprint density at radius 2 is 1.25 bits per heavy atom. The summed E-state index contributed by atoms with van der Waals surface area (Å²) >= 11 is 0. The lowest BCUT2D eigenvalue weighted by atomic mass is 9.79. The average Bonchev–Trinajstić information content (AvgIpc) is 2.57. The molecule has 0 N–H and O–H groups in total. The molecule has 1 aliphatic rings. The van der Waals surface area contributed by atoms with Crippen LogP contribution < -0.4 is 0 Å². The van der Waals surface area contributed by atoms with Crippen LogP contribution in [0.5, 0.6) is 0 Å². The SMILES string of the molecule is Cc1ccc(-c2ccc(C3CCC(C)CC3)c(F)c2F)c(F)c1F. The zero-order chi connectivity index (χ0) is 17.4. The molecule has 1 saturated carbocycles. The van der Waals surface area contributed by atoms with Gasteiger partial charge in [0.2, 0.25) is 0 Å². The standard InChI is InChI=1S/C20H20F4/c1-11-3-6-13(7-4-11)14-9-10-16(20(24)18(14)22)15-8-5-12(2)17(21)19(15)23/h5,8-11,13H,3-4,6-7H2,1-2H3. The topological polar surface area (TPSA) is 0 Å². The first-order chi connectivity index (χ1) is 11.4. The monoisotopic (exact) mass is 336 g/mol. The summed E-state index contributed by atoms with van der Waals surface area (Å²) in [7, 11) is 0. The number of hydrogen-bond donors (Lipinski definition) is 0. The van der Waals surface area contributed by atoms with E-state index >= 15 is 0 Å². The third-order valence-electron chi connectivity index (χ3n) is 5.13. The molecule has 0 spiro atoms. The molecule has 24 heavy (non-hydrogen) atoms. The minimum atomic E-state index is -1.15. The van der Waals surface area contributed by atoms with Crippen LogP contribution in [0.15, 0.2) is 24.3 Å². The first kappa shape index (κ1) is 17.0. The van der Waals surface area contributed by atoms with Crippen LogP contribution >= 0.6 is 0 Å². The second-order valence-corrected chi connectivity index (χ2v) is 6.85. The Labute approximate surface area is 139 Å². The fourth-order valence-corrected chi connectivity index (χ4v) is 3.51. The van der Waals surface area contributed by atoms with E-state index in [0.717, 1.165) is 25.7 Å². The molecule has 3 rings (SSSR count). The van der Waals surface area contributed by atoms with E-state index in [1.807, 2.05) is 0 Å². The Morgan fingerprint density at radius 3 is 1.88 bits per heavy atom. The van der Waals surface area contributed by atoms with E-state index in [1.54, 1.807) is 0 Å². The largest absolute Gasteiger partial charge is 0.203 e. The molecule has 1 fully saturated rings. The fraction of sp³-hybridized carbons (Fsp3) is 0.400. The lowest BCUT2D eigenvalue weighted by molar-refractivity contribution is 0.339. The normalized spacial score (nSPS) is 21.1. The third kappa shape index (κ3) is 2.94. The van der Waals surface area contributed by atoms with Gasteiger partial charge in [0.05, 0.1) is 0 Å². The van der Waals surface area contributed by atoms with Crippen LogP contribution in [-0.2, 0) is 0 Å². The van der Waals surface area contributed by atoms with E-state index in [-0.39, 0.29) is 22.6 Å². The number of hydrogen-bond acceptors (Lipinski definition) is 0. The van der Waals surface area contributed by atoms with E-state index in [4.69, 9.17) is 0 Å². The van der Waals surface area contributed by atoms with E-state index < -0.39 is 23.3 Å². The summed E-state index contributed by atoms with van der Waals surface area (Å²) in [5.74, 6) is -3.62. The molecule has 0 amide bonds. The van der Waals surface area contributed by atoms with E-state index in [2.05, 4.69) is 6.92 Å². The maximum absolute atomic E-state index is 14.5. The summed E-state index contributed by atoms with van der Waals surface area (Å²) in [6, 6.07) is 5.53. The quantitative estimate of drug-likeness (QED) is 0.548. The Hall–Kier alpha value is -1.84. The molecule has 1 aliphatic carbocycles. The van der Waals surface area contributed by atoms with Crippen molar-refractivity contribution < 1.29 is 17.6 Å². The molecule has 0 atom stereocenters. The Bertz CT molecular complexity index is 759. The molecule has 0 saturated heterocycles. The highest BCUT2D eigenvalue weighted by molar-refractivity contribution is 5.66. The molecule has 2 aromatic carbocycles. The van der Waals surface area contributed by atoms with Crippen molar-refractivity contribution in [1.29, 1.82) is 0 Å². The van der Waals surface area contributed by atoms with Gasteiger partial charge >= 0.3 is 0 Å². The second kappa shape index (κ2) is 6.58. The molecule has 0 unspecified atom stereocenters. The van der Waals surface area contributed by atoms with Gasteiger partial charge in [0, 0.05) is 11.1 Å². The number of rotatable bonds is 2. The molecule has 4 heteroatoms. The average molecular weight is 336 g/mol. The van der Waals surface area contributed by atoms with Crippen LogP contribution in [0.3, 0.4) is 0 Å². The Kier molecular flexibility index (Phi) is 4.66. The highest BCUT2D eigenvalue weighted by Crippen LogP contribution is 2.39. The van der Waals surface area contributed by atoms with Gasteiger partial charge in [-0.1, -0.05) is 44.0 Å². The summed E-state index contributed by atoms with van der Waals surface area (Å²) < 4.78 is 56.9. The van der Waals surface area contributed by atoms with Gasteiger partial charge in [-0.2, -0.15) is 0 Å². The molecule has 0 aliphatic heterocycles. The van der Waals surface area contributed by atoms with Crippen LogP contribution in [0, 0.1) is 36.1 Å². The van der Waals surface area contributed by atoms with Crippen LogP contribution in [0.25, 0.3) is 11.1 Å². The third-order valence-corrected chi connectivity index (χ3v) is 5.13. The van der Waals surface area contributed by atoms with Gasteiger partial charge in [0.1, 0.15) is 0 Å². The second-order valence-electron chi connectivity index (χ2n) is 6.85. The molecule has 0 aromatic heterocycles. The van der Waals surface area contributed by atoms with Gasteiger partial charge in [0.25, 0.3) is 0 Å². The summed E-state index contributed by atoms with van der Waals surface area (Å²) in [6.45, 7) is 3.58. The van der Waals surface area contributed by atoms with Gasteiger partial charge in [-0.15, -0.1) is 0 Å². The van der Waals surface area contributed by atoms with Gasteiger partial charge < -0.3 is 0 Å². The van der Waals surface area contributed by atoms with Crippen LogP contribution in [-0.4, -0.2) is 0 Å². The van der Waals surface area contributed by atoms with E-state index in [0.29, 0.717) is 11.5 Å². The summed E-state index contributed by atoms with van der Waals surface area (Å²) in [5, 5.41) is 0. The smallest absolute Gasteiger partial charge is 0.167 e. The maximum atomic E-state index is 14.5. The molecule has 0 heterocycles. The molecular weight excluding hydrogens is 316 g/mol. The molecular formula is C20H20F4. The number of benzene rings is 2. The first-order valence-corrected chi connectivity index (χ1v) is 8.33. The summed E-state index contributed by atoms with van der Waals surface area (Å²) in [5.41, 5.74) is -0.0173. The van der Waals surface area contributed by atoms with Crippen molar-refractivity contribution in [2.24, 2.45) is 5.92 Å². The Balaban J connectivity index is 2.01. The van der Waals surface area contributed by atoms with Gasteiger partial charge in [-0.3, -0.25) is 0 Å². The first-order valence-electron chi connectivity index (χ1n) is 8.33. The summed E-state index contributed by atoms with van der Waals surface area (Å²) in [4.78, 5) is 0. The maximum Gasteiger partial charge on any atom is 0.167 e. The van der Waals surface area contributed by atoms with Crippen LogP contribution in [0.4, 0.5) is 17.6 Å². The van der Waals surface area contributed by atoms with Crippen LogP contribution in [0.2, 0.25) is 0 Å². The Morgan fingerprint density at radius 1 is 0.708 bits per heavy atom. The van der Waals surface area contributed by atoms with Crippen molar-refractivity contribution in [1.82, 2.24) is 0 Å². The molecule has 128 valence electrons. The van der Waals surface area contributed by atoms with Gasteiger partial charge in [0.15, 0.2) is 23.3 Å². The predicted octanol–water partition coefficient (Wildman–Crippen LogP) is 6.51. The highest BCUT2D eigenvalue weighted by atomic mass is 19.2. The fourth-order valence-electron chi connectivity index (χ4n) is 3.51. The molecule has 0 radical (unpaired) electrons. The van der Waals surface area contributed by atoms with Crippen molar-refractivity contribution in [3.8, 4) is 11.1 Å². The van der Waals surface area contributed by atoms with Crippen molar-refractivity contribution in [2.75, 3.05) is 0 Å². The highest BCUT2D eigenvalue weighted by Gasteiger charge is 2.26. The number of aryl methyl sites for hydroxylation is 1. The minimum Gasteiger partial charge on any atom is -0.203 e. The van der Waals surface area contributed by atoms with Gasteiger partial charge in [-0.25, -0.2) is 17.6 Å².